The number of carbonyl (C=O) groups excluding carboxylic acids is 1. The summed E-state index contributed by atoms with van der Waals surface area (Å²) in [6, 6.07) is 10.7. The molecule has 0 heterocycles. The van der Waals surface area contributed by atoms with Crippen LogP contribution in [0.4, 0.5) is 5.69 Å². The number of anilines is 1. The molecule has 152 valence electrons. The molecule has 0 fully saturated rings. The van der Waals surface area contributed by atoms with E-state index in [0.717, 1.165) is 26.9 Å². The summed E-state index contributed by atoms with van der Waals surface area (Å²) < 4.78 is 27.5. The molecule has 0 spiro atoms. The Labute approximate surface area is 176 Å². The minimum absolute atomic E-state index is 0.0617. The second kappa shape index (κ2) is 9.67. The Morgan fingerprint density at radius 3 is 2.07 bits per heavy atom. The van der Waals surface area contributed by atoms with Gasteiger partial charge in [-0.15, -0.1) is 0 Å². The van der Waals surface area contributed by atoms with Crippen molar-refractivity contribution in [3.63, 3.8) is 0 Å². The topological polar surface area (TPSA) is 66.5 Å². The van der Waals surface area contributed by atoms with Crippen LogP contribution in [0.15, 0.2) is 45.8 Å². The average molecular weight is 467 g/mol. The predicted octanol–water partition coefficient (Wildman–Crippen LogP) is 4.67. The predicted molar refractivity (Wildman–Crippen MR) is 117 cm³/mol. The van der Waals surface area contributed by atoms with Gasteiger partial charge in [0, 0.05) is 29.7 Å². The van der Waals surface area contributed by atoms with Crippen molar-refractivity contribution in [1.29, 1.82) is 0 Å². The Hall–Kier alpha value is -1.70. The minimum atomic E-state index is -3.45. The Balaban J connectivity index is 2.01. The third-order valence-corrected chi connectivity index (χ3v) is 7.19. The lowest BCUT2D eigenvalue weighted by Gasteiger charge is -2.18. The first-order chi connectivity index (χ1) is 13.2. The molecule has 0 atom stereocenters. The number of sulfonamides is 1. The zero-order valence-corrected chi connectivity index (χ0v) is 19.2. The molecule has 0 radical (unpaired) electrons. The lowest BCUT2D eigenvalue weighted by Crippen LogP contribution is -2.30. The number of carbonyl (C=O) groups is 1. The molecule has 2 rings (SSSR count). The maximum atomic E-state index is 12.5. The number of halogens is 1. The number of nitrogens with zero attached hydrogens (tertiary/aromatic N) is 1. The highest BCUT2D eigenvalue weighted by molar-refractivity contribution is 9.10. The molecule has 1 N–H and O–H groups in total. The van der Waals surface area contributed by atoms with E-state index in [2.05, 4.69) is 21.2 Å². The maximum Gasteiger partial charge on any atom is 0.243 e. The van der Waals surface area contributed by atoms with Crippen LogP contribution in [0, 0.1) is 13.8 Å². The van der Waals surface area contributed by atoms with E-state index in [0.29, 0.717) is 25.9 Å². The number of amides is 1. The van der Waals surface area contributed by atoms with Crippen LogP contribution in [0.1, 0.15) is 37.0 Å². The molecule has 2 aromatic rings. The number of aryl methyl sites for hydroxylation is 3. The van der Waals surface area contributed by atoms with E-state index in [1.54, 1.807) is 24.3 Å². The smallest absolute Gasteiger partial charge is 0.243 e. The molecule has 28 heavy (non-hydrogen) atoms. The van der Waals surface area contributed by atoms with Crippen molar-refractivity contribution in [1.82, 2.24) is 4.31 Å². The van der Waals surface area contributed by atoms with E-state index >= 15 is 0 Å². The Morgan fingerprint density at radius 2 is 1.57 bits per heavy atom. The Morgan fingerprint density at radius 1 is 1.04 bits per heavy atom. The summed E-state index contributed by atoms with van der Waals surface area (Å²) in [6.07, 6.45) is 0.878. The summed E-state index contributed by atoms with van der Waals surface area (Å²) in [6.45, 7) is 8.45. The fourth-order valence-corrected chi connectivity index (χ4v) is 5.25. The lowest BCUT2D eigenvalue weighted by atomic mass is 10.1. The summed E-state index contributed by atoms with van der Waals surface area (Å²) in [5.74, 6) is -0.0617. The molecule has 7 heteroatoms. The van der Waals surface area contributed by atoms with Crippen molar-refractivity contribution in [2.45, 2.75) is 45.4 Å². The molecule has 0 aliphatic rings. The van der Waals surface area contributed by atoms with E-state index in [1.807, 2.05) is 39.8 Å². The van der Waals surface area contributed by atoms with Gasteiger partial charge in [0.15, 0.2) is 0 Å². The second-order valence-electron chi connectivity index (χ2n) is 6.70. The quantitative estimate of drug-likeness (QED) is 0.614. The number of hydrogen-bond donors (Lipinski definition) is 1. The molecular formula is C21H27BrN2O3S. The fraction of sp³-hybridized carbons (Fsp3) is 0.381. The monoisotopic (exact) mass is 466 g/mol. The average Bonchev–Trinajstić information content (AvgIpc) is 2.64. The van der Waals surface area contributed by atoms with Crippen molar-refractivity contribution >= 4 is 37.5 Å². The zero-order chi connectivity index (χ0) is 20.9. The van der Waals surface area contributed by atoms with Crippen molar-refractivity contribution in [3.05, 3.63) is 57.6 Å². The molecule has 0 saturated carbocycles. The van der Waals surface area contributed by atoms with Crippen molar-refractivity contribution in [2.75, 3.05) is 18.4 Å². The Kier molecular flexibility index (Phi) is 7.80. The first-order valence-corrected chi connectivity index (χ1v) is 11.6. The van der Waals surface area contributed by atoms with Gasteiger partial charge in [0.1, 0.15) is 0 Å². The largest absolute Gasteiger partial charge is 0.326 e. The first-order valence-electron chi connectivity index (χ1n) is 9.34. The SMILES string of the molecule is CCN(CC)S(=O)(=O)c1ccc(CCC(=O)Nc2c(C)cc(Br)cc2C)cc1. The van der Waals surface area contributed by atoms with Crippen LogP contribution in [0.2, 0.25) is 0 Å². The van der Waals surface area contributed by atoms with Gasteiger partial charge in [0.2, 0.25) is 15.9 Å². The molecule has 1 amide bonds. The van der Waals surface area contributed by atoms with Gasteiger partial charge in [-0.3, -0.25) is 4.79 Å². The van der Waals surface area contributed by atoms with Gasteiger partial charge < -0.3 is 5.32 Å². The number of nitrogens with one attached hydrogen (secondary N) is 1. The van der Waals surface area contributed by atoms with E-state index in [-0.39, 0.29) is 10.8 Å². The van der Waals surface area contributed by atoms with E-state index in [9.17, 15) is 13.2 Å². The van der Waals surface area contributed by atoms with Gasteiger partial charge in [-0.05, 0) is 61.2 Å². The van der Waals surface area contributed by atoms with Crippen molar-refractivity contribution < 1.29 is 13.2 Å². The van der Waals surface area contributed by atoms with Crippen molar-refractivity contribution in [3.8, 4) is 0 Å². The molecule has 0 aliphatic heterocycles. The van der Waals surface area contributed by atoms with Crippen LogP contribution in [0.3, 0.4) is 0 Å². The normalized spacial score (nSPS) is 11.6. The summed E-state index contributed by atoms with van der Waals surface area (Å²) >= 11 is 3.45. The summed E-state index contributed by atoms with van der Waals surface area (Å²) in [5.41, 5.74) is 3.78. The number of rotatable bonds is 8. The molecule has 0 saturated heterocycles. The molecule has 2 aromatic carbocycles. The molecule has 0 aromatic heterocycles. The molecular weight excluding hydrogens is 440 g/mol. The fourth-order valence-electron chi connectivity index (χ4n) is 3.11. The third-order valence-electron chi connectivity index (χ3n) is 4.67. The summed E-state index contributed by atoms with van der Waals surface area (Å²) in [7, 11) is -3.45. The van der Waals surface area contributed by atoms with Crippen LogP contribution >= 0.6 is 15.9 Å². The lowest BCUT2D eigenvalue weighted by molar-refractivity contribution is -0.116. The Bertz CT molecular complexity index is 914. The number of benzene rings is 2. The number of hydrogen-bond acceptors (Lipinski definition) is 3. The van der Waals surface area contributed by atoms with Crippen LogP contribution in [-0.4, -0.2) is 31.7 Å². The highest BCUT2D eigenvalue weighted by atomic mass is 79.9. The molecule has 0 bridgehead atoms. The van der Waals surface area contributed by atoms with Gasteiger partial charge >= 0.3 is 0 Å². The van der Waals surface area contributed by atoms with Gasteiger partial charge in [0.05, 0.1) is 4.90 Å². The molecule has 5 nitrogen and oxygen atoms in total. The zero-order valence-electron chi connectivity index (χ0n) is 16.8. The second-order valence-corrected chi connectivity index (χ2v) is 9.55. The third kappa shape index (κ3) is 5.43. The van der Waals surface area contributed by atoms with E-state index < -0.39 is 10.0 Å². The first kappa shape index (κ1) is 22.6. The van der Waals surface area contributed by atoms with Crippen LogP contribution in [-0.2, 0) is 21.2 Å². The van der Waals surface area contributed by atoms with Gasteiger partial charge in [-0.1, -0.05) is 41.9 Å². The molecule has 0 unspecified atom stereocenters. The van der Waals surface area contributed by atoms with Gasteiger partial charge in [0.25, 0.3) is 0 Å². The van der Waals surface area contributed by atoms with Crippen LogP contribution in [0.5, 0.6) is 0 Å². The standard InChI is InChI=1S/C21H27BrN2O3S/c1-5-24(6-2)28(26,27)19-10-7-17(8-11-19)9-12-20(25)23-21-15(3)13-18(22)14-16(21)4/h7-8,10-11,13-14H,5-6,9,12H2,1-4H3,(H,23,25). The summed E-state index contributed by atoms with van der Waals surface area (Å²) in [4.78, 5) is 12.6. The molecule has 0 aliphatic carbocycles. The maximum absolute atomic E-state index is 12.5. The van der Waals surface area contributed by atoms with Crippen molar-refractivity contribution in [2.24, 2.45) is 0 Å². The highest BCUT2D eigenvalue weighted by Crippen LogP contribution is 2.25. The van der Waals surface area contributed by atoms with E-state index in [1.165, 1.54) is 4.31 Å². The minimum Gasteiger partial charge on any atom is -0.326 e. The van der Waals surface area contributed by atoms with E-state index in [4.69, 9.17) is 0 Å². The van der Waals surface area contributed by atoms with Gasteiger partial charge in [-0.2, -0.15) is 4.31 Å². The summed E-state index contributed by atoms with van der Waals surface area (Å²) in [5, 5.41) is 2.98. The van der Waals surface area contributed by atoms with Gasteiger partial charge in [-0.25, -0.2) is 8.42 Å². The highest BCUT2D eigenvalue weighted by Gasteiger charge is 2.21. The van der Waals surface area contributed by atoms with Crippen LogP contribution in [0.25, 0.3) is 0 Å². The van der Waals surface area contributed by atoms with Crippen LogP contribution < -0.4 is 5.32 Å².